The molecule has 0 N–H and O–H groups in total. The zero-order chi connectivity index (χ0) is 12.3. The molecule has 0 aliphatic carbocycles. The van der Waals surface area contributed by atoms with Gasteiger partial charge < -0.3 is 4.74 Å². The van der Waals surface area contributed by atoms with Crippen molar-refractivity contribution in [3.8, 4) is 0 Å². The van der Waals surface area contributed by atoms with Gasteiger partial charge in [-0.15, -0.1) is 11.6 Å². The topological polar surface area (TPSA) is 39.2 Å². The first-order chi connectivity index (χ1) is 7.51. The van der Waals surface area contributed by atoms with E-state index in [1.807, 2.05) is 0 Å². The van der Waals surface area contributed by atoms with Crippen molar-refractivity contribution in [2.24, 2.45) is 0 Å². The summed E-state index contributed by atoms with van der Waals surface area (Å²) >= 11 is 5.43. The lowest BCUT2D eigenvalue weighted by Gasteiger charge is -2.10. The zero-order valence-corrected chi connectivity index (χ0v) is 8.89. The number of pyridine rings is 1. The van der Waals surface area contributed by atoms with Gasteiger partial charge in [0.15, 0.2) is 5.69 Å². The Balaban J connectivity index is 3.41. The highest BCUT2D eigenvalue weighted by Crippen LogP contribution is 2.27. The Labute approximate surface area is 94.2 Å². The number of aromatic nitrogens is 1. The molecule has 0 aliphatic heterocycles. The van der Waals surface area contributed by atoms with E-state index in [-0.39, 0.29) is 11.4 Å². The molecule has 0 saturated heterocycles. The van der Waals surface area contributed by atoms with Crippen LogP contribution in [0.5, 0.6) is 0 Å². The number of ether oxygens (including phenoxy) is 1. The molecular weight excluding hydrogens is 247 g/mol. The molecule has 0 atom stereocenters. The number of rotatable bonds is 3. The Bertz CT molecular complexity index is 412. The molecule has 1 heterocycles. The van der Waals surface area contributed by atoms with E-state index < -0.39 is 29.6 Å². The van der Waals surface area contributed by atoms with E-state index in [1.54, 1.807) is 0 Å². The van der Waals surface area contributed by atoms with Crippen LogP contribution < -0.4 is 0 Å². The fourth-order valence-electron chi connectivity index (χ4n) is 1.16. The summed E-state index contributed by atoms with van der Waals surface area (Å²) in [5.74, 6) is -2.56. The third-order valence-corrected chi connectivity index (χ3v) is 2.14. The SMILES string of the molecule is COC(=O)c1nc(F)cc(C(F)F)c1CCl. The van der Waals surface area contributed by atoms with Crippen molar-refractivity contribution in [2.45, 2.75) is 12.3 Å². The summed E-state index contributed by atoms with van der Waals surface area (Å²) in [7, 11) is 1.04. The lowest BCUT2D eigenvalue weighted by Crippen LogP contribution is -2.12. The maximum Gasteiger partial charge on any atom is 0.357 e. The normalized spacial score (nSPS) is 10.6. The first-order valence-electron chi connectivity index (χ1n) is 4.13. The molecule has 0 aromatic carbocycles. The number of carbonyl (C=O) groups excluding carboxylic acids is 1. The average molecular weight is 254 g/mol. The number of methoxy groups -OCH3 is 1. The van der Waals surface area contributed by atoms with Gasteiger partial charge in [0.1, 0.15) is 0 Å². The summed E-state index contributed by atoms with van der Waals surface area (Å²) in [5.41, 5.74) is -1.39. The highest BCUT2D eigenvalue weighted by Gasteiger charge is 2.23. The molecule has 0 bridgehead atoms. The van der Waals surface area contributed by atoms with Gasteiger partial charge in [0.2, 0.25) is 5.95 Å². The van der Waals surface area contributed by atoms with Crippen LogP contribution in [0.4, 0.5) is 13.2 Å². The van der Waals surface area contributed by atoms with Crippen molar-refractivity contribution in [3.05, 3.63) is 28.8 Å². The van der Waals surface area contributed by atoms with Crippen molar-refractivity contribution in [1.29, 1.82) is 0 Å². The lowest BCUT2D eigenvalue weighted by molar-refractivity contribution is 0.0590. The second-order valence-corrected chi connectivity index (χ2v) is 3.05. The quantitative estimate of drug-likeness (QED) is 0.472. The van der Waals surface area contributed by atoms with Crippen LogP contribution in [-0.4, -0.2) is 18.1 Å². The Kier molecular flexibility index (Phi) is 4.12. The van der Waals surface area contributed by atoms with E-state index >= 15 is 0 Å². The molecule has 7 heteroatoms. The molecule has 0 amide bonds. The Hall–Kier alpha value is -1.30. The Morgan fingerprint density at radius 3 is 2.69 bits per heavy atom. The molecule has 1 aromatic rings. The van der Waals surface area contributed by atoms with Crippen molar-refractivity contribution in [1.82, 2.24) is 4.98 Å². The van der Waals surface area contributed by atoms with Crippen molar-refractivity contribution >= 4 is 17.6 Å². The Morgan fingerprint density at radius 1 is 1.62 bits per heavy atom. The van der Waals surface area contributed by atoms with Gasteiger partial charge in [-0.05, 0) is 0 Å². The minimum atomic E-state index is -2.94. The lowest BCUT2D eigenvalue weighted by atomic mass is 10.1. The Morgan fingerprint density at radius 2 is 2.25 bits per heavy atom. The van der Waals surface area contributed by atoms with Gasteiger partial charge in [-0.25, -0.2) is 18.6 Å². The predicted molar refractivity (Wildman–Crippen MR) is 50.0 cm³/mol. The van der Waals surface area contributed by atoms with E-state index in [1.165, 1.54) is 0 Å². The summed E-state index contributed by atoms with van der Waals surface area (Å²) in [6, 6.07) is 0.550. The van der Waals surface area contributed by atoms with Gasteiger partial charge in [0.25, 0.3) is 6.43 Å². The molecule has 1 aromatic heterocycles. The highest BCUT2D eigenvalue weighted by molar-refractivity contribution is 6.17. The molecule has 0 unspecified atom stereocenters. The van der Waals surface area contributed by atoms with Gasteiger partial charge in [0.05, 0.1) is 13.0 Å². The van der Waals surface area contributed by atoms with Crippen LogP contribution in [0.15, 0.2) is 6.07 Å². The fourth-order valence-corrected chi connectivity index (χ4v) is 1.44. The van der Waals surface area contributed by atoms with Crippen LogP contribution in [0.2, 0.25) is 0 Å². The van der Waals surface area contributed by atoms with Crippen molar-refractivity contribution in [3.63, 3.8) is 0 Å². The van der Waals surface area contributed by atoms with Gasteiger partial charge in [-0.1, -0.05) is 0 Å². The summed E-state index contributed by atoms with van der Waals surface area (Å²) in [6.45, 7) is 0. The standard InChI is InChI=1S/C9H7ClF3NO2/c1-16-9(15)7-5(3-10)4(8(12)13)2-6(11)14-7/h2,8H,3H2,1H3. The molecule has 1 rings (SSSR count). The summed E-state index contributed by atoms with van der Waals surface area (Å²) in [6.07, 6.45) is -2.94. The van der Waals surface area contributed by atoms with Crippen molar-refractivity contribution < 1.29 is 22.7 Å². The highest BCUT2D eigenvalue weighted by atomic mass is 35.5. The van der Waals surface area contributed by atoms with E-state index in [2.05, 4.69) is 9.72 Å². The van der Waals surface area contributed by atoms with Crippen LogP contribution in [-0.2, 0) is 10.6 Å². The van der Waals surface area contributed by atoms with Crippen molar-refractivity contribution in [2.75, 3.05) is 7.11 Å². The molecule has 0 saturated carbocycles. The number of halogens is 4. The first kappa shape index (κ1) is 12.8. The second kappa shape index (κ2) is 5.16. The molecule has 0 fully saturated rings. The zero-order valence-electron chi connectivity index (χ0n) is 8.14. The summed E-state index contributed by atoms with van der Waals surface area (Å²) in [5, 5.41) is 0. The maximum absolute atomic E-state index is 12.9. The monoisotopic (exact) mass is 253 g/mol. The summed E-state index contributed by atoms with van der Waals surface area (Å²) in [4.78, 5) is 14.4. The predicted octanol–water partition coefficient (Wildman–Crippen LogP) is 2.68. The van der Waals surface area contributed by atoms with E-state index in [0.29, 0.717) is 6.07 Å². The van der Waals surface area contributed by atoms with E-state index in [0.717, 1.165) is 7.11 Å². The molecular formula is C9H7ClF3NO2. The van der Waals surface area contributed by atoms with Crippen LogP contribution in [0.1, 0.15) is 28.0 Å². The average Bonchev–Trinajstić information content (AvgIpc) is 2.26. The molecule has 88 valence electrons. The minimum Gasteiger partial charge on any atom is -0.464 e. The molecule has 3 nitrogen and oxygen atoms in total. The van der Waals surface area contributed by atoms with Crippen LogP contribution in [0.25, 0.3) is 0 Å². The second-order valence-electron chi connectivity index (χ2n) is 2.79. The number of hydrogen-bond acceptors (Lipinski definition) is 3. The maximum atomic E-state index is 12.9. The first-order valence-corrected chi connectivity index (χ1v) is 4.66. The third-order valence-electron chi connectivity index (χ3n) is 1.87. The van der Waals surface area contributed by atoms with Gasteiger partial charge in [-0.2, -0.15) is 4.39 Å². The van der Waals surface area contributed by atoms with Gasteiger partial charge >= 0.3 is 5.97 Å². The summed E-state index contributed by atoms with van der Waals surface area (Å²) < 4.78 is 42.3. The van der Waals surface area contributed by atoms with Crippen LogP contribution in [0, 0.1) is 5.95 Å². The third kappa shape index (κ3) is 2.44. The number of carbonyl (C=O) groups is 1. The molecule has 0 aliphatic rings. The molecule has 0 radical (unpaired) electrons. The molecule has 16 heavy (non-hydrogen) atoms. The number of esters is 1. The number of hydrogen-bond donors (Lipinski definition) is 0. The fraction of sp³-hybridized carbons (Fsp3) is 0.333. The number of nitrogens with zero attached hydrogens (tertiary/aromatic N) is 1. The van der Waals surface area contributed by atoms with E-state index in [9.17, 15) is 18.0 Å². The van der Waals surface area contributed by atoms with Crippen LogP contribution in [0.3, 0.4) is 0 Å². The molecule has 0 spiro atoms. The number of alkyl halides is 3. The van der Waals surface area contributed by atoms with Crippen LogP contribution >= 0.6 is 11.6 Å². The van der Waals surface area contributed by atoms with Gasteiger partial charge in [0, 0.05) is 17.2 Å². The largest absolute Gasteiger partial charge is 0.464 e. The van der Waals surface area contributed by atoms with E-state index in [4.69, 9.17) is 11.6 Å². The smallest absolute Gasteiger partial charge is 0.357 e. The minimum absolute atomic E-state index is 0.218. The van der Waals surface area contributed by atoms with Gasteiger partial charge in [-0.3, -0.25) is 0 Å².